The molecule has 0 bridgehead atoms. The second kappa shape index (κ2) is 20.6. The van der Waals surface area contributed by atoms with Crippen LogP contribution in [0.25, 0.3) is 0 Å². The topological polar surface area (TPSA) is 58.6 Å². The van der Waals surface area contributed by atoms with Crippen molar-refractivity contribution in [2.45, 2.75) is 110 Å². The Morgan fingerprint density at radius 3 is 2.21 bits per heavy atom. The van der Waals surface area contributed by atoms with Crippen LogP contribution in [0.5, 0.6) is 0 Å². The second-order valence-electron chi connectivity index (χ2n) is 7.95. The molecule has 1 heterocycles. The van der Waals surface area contributed by atoms with Crippen LogP contribution in [0.15, 0.2) is 0 Å². The fourth-order valence-corrected chi connectivity index (χ4v) is 3.17. The minimum atomic E-state index is -0.0255. The highest BCUT2D eigenvalue weighted by Crippen LogP contribution is 2.10. The monoisotopic (exact) mass is 398 g/mol. The number of esters is 1. The summed E-state index contributed by atoms with van der Waals surface area (Å²) in [6.45, 7) is 6.77. The molecule has 0 unspecified atom stereocenters. The van der Waals surface area contributed by atoms with Crippen molar-refractivity contribution in [1.82, 2.24) is 10.2 Å². The van der Waals surface area contributed by atoms with Gasteiger partial charge in [-0.05, 0) is 45.7 Å². The molecule has 1 amide bonds. The highest BCUT2D eigenvalue weighted by atomic mass is 16.5. The molecule has 1 saturated heterocycles. The smallest absolute Gasteiger partial charge is 0.305 e. The molecule has 0 aromatic heterocycles. The van der Waals surface area contributed by atoms with Gasteiger partial charge in [-0.3, -0.25) is 14.5 Å². The van der Waals surface area contributed by atoms with Crippen molar-refractivity contribution >= 4 is 11.9 Å². The van der Waals surface area contributed by atoms with Crippen molar-refractivity contribution in [2.75, 3.05) is 26.9 Å². The van der Waals surface area contributed by atoms with Crippen molar-refractivity contribution in [3.63, 3.8) is 0 Å². The molecular formula is C23H46N2O3. The van der Waals surface area contributed by atoms with Gasteiger partial charge in [-0.25, -0.2) is 0 Å². The number of hydrogen-bond donors (Lipinski definition) is 1. The maximum atomic E-state index is 11.6. The lowest BCUT2D eigenvalue weighted by Crippen LogP contribution is -2.35. The van der Waals surface area contributed by atoms with Crippen LogP contribution in [0, 0.1) is 0 Å². The predicted molar refractivity (Wildman–Crippen MR) is 117 cm³/mol. The number of carbonyl (C=O) groups is 2. The van der Waals surface area contributed by atoms with Gasteiger partial charge in [0, 0.05) is 12.8 Å². The van der Waals surface area contributed by atoms with E-state index in [9.17, 15) is 9.59 Å². The highest BCUT2D eigenvalue weighted by molar-refractivity contribution is 5.75. The number of unbranched alkanes of at least 4 members (excludes halogenated alkanes) is 8. The Kier molecular flexibility index (Phi) is 19.8. The Balaban J connectivity index is 0.000000749. The quantitative estimate of drug-likeness (QED) is 0.241. The van der Waals surface area contributed by atoms with E-state index in [2.05, 4.69) is 24.1 Å². The molecule has 1 fully saturated rings. The van der Waals surface area contributed by atoms with E-state index in [4.69, 9.17) is 4.74 Å². The molecule has 1 rings (SSSR count). The van der Waals surface area contributed by atoms with Crippen LogP contribution < -0.4 is 5.32 Å². The van der Waals surface area contributed by atoms with Crippen molar-refractivity contribution in [3.8, 4) is 0 Å². The maximum Gasteiger partial charge on any atom is 0.305 e. The van der Waals surface area contributed by atoms with E-state index in [-0.39, 0.29) is 11.9 Å². The summed E-state index contributed by atoms with van der Waals surface area (Å²) in [5.41, 5.74) is 0. The van der Waals surface area contributed by atoms with E-state index >= 15 is 0 Å². The van der Waals surface area contributed by atoms with Gasteiger partial charge in [-0.2, -0.15) is 0 Å². The van der Waals surface area contributed by atoms with Crippen LogP contribution in [0.1, 0.15) is 110 Å². The van der Waals surface area contributed by atoms with E-state index in [1.54, 1.807) is 0 Å². The van der Waals surface area contributed by atoms with Gasteiger partial charge in [0.15, 0.2) is 0 Å². The molecule has 1 aliphatic heterocycles. The Morgan fingerprint density at radius 1 is 0.929 bits per heavy atom. The SMILES string of the molecule is CCCCCCCCCCCC(=O)NCN(C)CCC.O=C1CCCCCO1. The fourth-order valence-electron chi connectivity index (χ4n) is 3.17. The number of nitrogens with zero attached hydrogens (tertiary/aromatic N) is 1. The summed E-state index contributed by atoms with van der Waals surface area (Å²) in [5.74, 6) is 0.179. The summed E-state index contributed by atoms with van der Waals surface area (Å²) in [4.78, 5) is 24.2. The zero-order valence-electron chi connectivity index (χ0n) is 18.9. The fraction of sp³-hybridized carbons (Fsp3) is 0.913. The molecule has 0 aromatic rings. The van der Waals surface area contributed by atoms with E-state index in [1.807, 2.05) is 7.05 Å². The summed E-state index contributed by atoms with van der Waals surface area (Å²) in [5, 5.41) is 2.98. The molecule has 0 aliphatic carbocycles. The van der Waals surface area contributed by atoms with Crippen LogP contribution in [0.3, 0.4) is 0 Å². The summed E-state index contributed by atoms with van der Waals surface area (Å²) >= 11 is 0. The van der Waals surface area contributed by atoms with E-state index in [0.717, 1.165) is 38.6 Å². The van der Waals surface area contributed by atoms with Crippen molar-refractivity contribution in [3.05, 3.63) is 0 Å². The Hall–Kier alpha value is -1.10. The number of rotatable bonds is 14. The molecule has 0 atom stereocenters. The van der Waals surface area contributed by atoms with Crippen LogP contribution in [0.4, 0.5) is 0 Å². The summed E-state index contributed by atoms with van der Waals surface area (Å²) < 4.78 is 4.76. The average Bonchev–Trinajstić information content (AvgIpc) is 2.93. The van der Waals surface area contributed by atoms with Gasteiger partial charge < -0.3 is 10.1 Å². The molecule has 0 saturated carbocycles. The first kappa shape index (κ1) is 26.9. The minimum Gasteiger partial charge on any atom is -0.466 e. The summed E-state index contributed by atoms with van der Waals surface area (Å²) in [6.07, 6.45) is 17.4. The molecule has 0 aromatic carbocycles. The number of hydrogen-bond acceptors (Lipinski definition) is 4. The zero-order chi connectivity index (χ0) is 20.9. The van der Waals surface area contributed by atoms with Crippen molar-refractivity contribution < 1.29 is 14.3 Å². The first-order valence-electron chi connectivity index (χ1n) is 11.7. The van der Waals surface area contributed by atoms with E-state index in [1.165, 1.54) is 51.4 Å². The number of nitrogens with one attached hydrogen (secondary N) is 1. The lowest BCUT2D eigenvalue weighted by Gasteiger charge is -2.16. The second-order valence-corrected chi connectivity index (χ2v) is 7.95. The molecule has 5 heteroatoms. The third-order valence-corrected chi connectivity index (χ3v) is 4.95. The van der Waals surface area contributed by atoms with Crippen LogP contribution in [-0.2, 0) is 14.3 Å². The largest absolute Gasteiger partial charge is 0.466 e. The normalized spacial score (nSPS) is 14.1. The Bertz CT molecular complexity index is 365. The number of amides is 1. The van der Waals surface area contributed by atoms with Gasteiger partial charge in [0.2, 0.25) is 5.91 Å². The van der Waals surface area contributed by atoms with E-state index in [0.29, 0.717) is 26.1 Å². The summed E-state index contributed by atoms with van der Waals surface area (Å²) in [6, 6.07) is 0. The predicted octanol–water partition coefficient (Wildman–Crippen LogP) is 5.43. The number of ether oxygens (including phenoxy) is 1. The van der Waals surface area contributed by atoms with Crippen LogP contribution >= 0.6 is 0 Å². The molecule has 1 N–H and O–H groups in total. The number of cyclic esters (lactones) is 1. The molecular weight excluding hydrogens is 352 g/mol. The van der Waals surface area contributed by atoms with Gasteiger partial charge in [-0.15, -0.1) is 0 Å². The first-order chi connectivity index (χ1) is 13.6. The highest BCUT2D eigenvalue weighted by Gasteiger charge is 2.05. The average molecular weight is 399 g/mol. The van der Waals surface area contributed by atoms with Crippen LogP contribution in [-0.4, -0.2) is 43.6 Å². The molecule has 1 aliphatic rings. The van der Waals surface area contributed by atoms with Crippen molar-refractivity contribution in [1.29, 1.82) is 0 Å². The molecule has 166 valence electrons. The lowest BCUT2D eigenvalue weighted by molar-refractivity contribution is -0.142. The molecule has 5 nitrogen and oxygen atoms in total. The van der Waals surface area contributed by atoms with Crippen LogP contribution in [0.2, 0.25) is 0 Å². The summed E-state index contributed by atoms with van der Waals surface area (Å²) in [7, 11) is 2.04. The third kappa shape index (κ3) is 19.7. The third-order valence-electron chi connectivity index (χ3n) is 4.95. The zero-order valence-corrected chi connectivity index (χ0v) is 18.9. The Morgan fingerprint density at radius 2 is 1.57 bits per heavy atom. The maximum absolute atomic E-state index is 11.6. The van der Waals surface area contributed by atoms with Gasteiger partial charge in [0.05, 0.1) is 13.3 Å². The van der Waals surface area contributed by atoms with E-state index < -0.39 is 0 Å². The lowest BCUT2D eigenvalue weighted by atomic mass is 10.1. The first-order valence-corrected chi connectivity index (χ1v) is 11.7. The molecule has 28 heavy (non-hydrogen) atoms. The van der Waals surface area contributed by atoms with Gasteiger partial charge >= 0.3 is 5.97 Å². The molecule has 0 spiro atoms. The van der Waals surface area contributed by atoms with Gasteiger partial charge in [0.25, 0.3) is 0 Å². The van der Waals surface area contributed by atoms with Gasteiger partial charge in [0.1, 0.15) is 0 Å². The van der Waals surface area contributed by atoms with Crippen molar-refractivity contribution in [2.24, 2.45) is 0 Å². The van der Waals surface area contributed by atoms with Gasteiger partial charge in [-0.1, -0.05) is 65.2 Å². The number of carbonyl (C=O) groups excluding carboxylic acids is 2. The standard InChI is InChI=1S/C17H36N2O.C6H10O2/c1-4-6-7-8-9-10-11-12-13-14-17(20)18-16-19(3)15-5-2;7-6-4-2-1-3-5-8-6/h4-16H2,1-3H3,(H,18,20);1-5H2. The Labute approximate surface area is 174 Å². The minimum absolute atomic E-state index is 0.0255. The molecule has 0 radical (unpaired) electrons.